The molecule has 3 heteroatoms. The van der Waals surface area contributed by atoms with Crippen LogP contribution in [0.5, 0.6) is 0 Å². The third kappa shape index (κ3) is 3.63. The molecule has 1 fully saturated rings. The number of ether oxygens (including phenoxy) is 1. The molecule has 1 aliphatic rings. The molecule has 2 N–H and O–H groups in total. The van der Waals surface area contributed by atoms with Crippen LogP contribution < -0.4 is 5.73 Å². The predicted molar refractivity (Wildman–Crippen MR) is 54.7 cm³/mol. The quantitative estimate of drug-likeness (QED) is 0.707. The Morgan fingerprint density at radius 1 is 1.46 bits per heavy atom. The van der Waals surface area contributed by atoms with E-state index in [4.69, 9.17) is 10.5 Å². The van der Waals surface area contributed by atoms with Crippen LogP contribution in [-0.2, 0) is 4.74 Å². The first-order valence-electron chi connectivity index (χ1n) is 5.27. The third-order valence-electron chi connectivity index (χ3n) is 2.86. The minimum Gasteiger partial charge on any atom is -0.381 e. The Morgan fingerprint density at radius 2 is 2.08 bits per heavy atom. The molecule has 0 saturated carbocycles. The summed E-state index contributed by atoms with van der Waals surface area (Å²) in [5.41, 5.74) is 5.91. The molecular weight excluding hydrogens is 164 g/mol. The van der Waals surface area contributed by atoms with Crippen molar-refractivity contribution in [3.63, 3.8) is 0 Å². The zero-order chi connectivity index (χ0) is 9.68. The van der Waals surface area contributed by atoms with Gasteiger partial charge in [0, 0.05) is 31.8 Å². The Kier molecular flexibility index (Phi) is 4.70. The molecule has 0 amide bonds. The summed E-state index contributed by atoms with van der Waals surface area (Å²) >= 11 is 0. The molecule has 0 spiro atoms. The van der Waals surface area contributed by atoms with E-state index in [-0.39, 0.29) is 0 Å². The van der Waals surface area contributed by atoms with E-state index < -0.39 is 0 Å². The van der Waals surface area contributed by atoms with Gasteiger partial charge in [0.15, 0.2) is 0 Å². The third-order valence-corrected chi connectivity index (χ3v) is 2.86. The standard InChI is InChI=1S/C10H22N2O/c1-3-9(11)8-12(2)10-4-6-13-7-5-10/h9-10H,3-8,11H2,1-2H3. The smallest absolute Gasteiger partial charge is 0.0480 e. The Bertz CT molecular complexity index is 135. The molecule has 0 aromatic rings. The maximum atomic E-state index is 5.91. The van der Waals surface area contributed by atoms with E-state index in [1.54, 1.807) is 0 Å². The molecule has 0 radical (unpaired) electrons. The monoisotopic (exact) mass is 186 g/mol. The van der Waals surface area contributed by atoms with Crippen molar-refractivity contribution in [2.75, 3.05) is 26.8 Å². The number of hydrogen-bond donors (Lipinski definition) is 1. The van der Waals surface area contributed by atoms with Gasteiger partial charge in [-0.15, -0.1) is 0 Å². The molecule has 78 valence electrons. The maximum absolute atomic E-state index is 5.91. The van der Waals surface area contributed by atoms with Crippen LogP contribution in [0.1, 0.15) is 26.2 Å². The molecule has 0 aromatic heterocycles. The Labute approximate surface area is 81.2 Å². The number of nitrogens with two attached hydrogens (primary N) is 1. The molecule has 13 heavy (non-hydrogen) atoms. The van der Waals surface area contributed by atoms with Gasteiger partial charge in [0.2, 0.25) is 0 Å². The van der Waals surface area contributed by atoms with E-state index in [9.17, 15) is 0 Å². The summed E-state index contributed by atoms with van der Waals surface area (Å²) in [6.07, 6.45) is 3.38. The molecule has 1 aliphatic heterocycles. The molecule has 1 unspecified atom stereocenters. The first-order chi connectivity index (χ1) is 6.24. The van der Waals surface area contributed by atoms with E-state index >= 15 is 0 Å². The second-order valence-corrected chi connectivity index (χ2v) is 3.95. The number of likely N-dealkylation sites (N-methyl/N-ethyl adjacent to an activating group) is 1. The van der Waals surface area contributed by atoms with E-state index in [1.165, 1.54) is 0 Å². The maximum Gasteiger partial charge on any atom is 0.0480 e. The summed E-state index contributed by atoms with van der Waals surface area (Å²) < 4.78 is 5.32. The van der Waals surface area contributed by atoms with E-state index in [2.05, 4.69) is 18.9 Å². The van der Waals surface area contributed by atoms with Gasteiger partial charge in [-0.25, -0.2) is 0 Å². The van der Waals surface area contributed by atoms with Gasteiger partial charge >= 0.3 is 0 Å². The van der Waals surface area contributed by atoms with Crippen molar-refractivity contribution in [1.82, 2.24) is 4.90 Å². The van der Waals surface area contributed by atoms with Gasteiger partial charge < -0.3 is 15.4 Å². The highest BCUT2D eigenvalue weighted by Crippen LogP contribution is 2.12. The van der Waals surface area contributed by atoms with Crippen LogP contribution >= 0.6 is 0 Å². The van der Waals surface area contributed by atoms with Crippen molar-refractivity contribution in [1.29, 1.82) is 0 Å². The summed E-state index contributed by atoms with van der Waals surface area (Å²) in [6.45, 7) is 4.98. The lowest BCUT2D eigenvalue weighted by Crippen LogP contribution is -2.43. The van der Waals surface area contributed by atoms with Gasteiger partial charge in [0.1, 0.15) is 0 Å². The highest BCUT2D eigenvalue weighted by molar-refractivity contribution is 4.74. The molecular formula is C10H22N2O. The molecule has 1 rings (SSSR count). The minimum absolute atomic E-state index is 0.327. The molecule has 1 saturated heterocycles. The summed E-state index contributed by atoms with van der Waals surface area (Å²) in [5, 5.41) is 0. The van der Waals surface area contributed by atoms with Crippen molar-refractivity contribution >= 4 is 0 Å². The highest BCUT2D eigenvalue weighted by atomic mass is 16.5. The van der Waals surface area contributed by atoms with Gasteiger partial charge in [0.05, 0.1) is 0 Å². The number of hydrogen-bond acceptors (Lipinski definition) is 3. The van der Waals surface area contributed by atoms with Gasteiger partial charge in [-0.05, 0) is 26.3 Å². The summed E-state index contributed by atoms with van der Waals surface area (Å²) in [4.78, 5) is 2.39. The summed E-state index contributed by atoms with van der Waals surface area (Å²) in [5.74, 6) is 0. The van der Waals surface area contributed by atoms with Crippen LogP contribution in [0.25, 0.3) is 0 Å². The second-order valence-electron chi connectivity index (χ2n) is 3.95. The Hall–Kier alpha value is -0.120. The lowest BCUT2D eigenvalue weighted by molar-refractivity contribution is 0.0413. The van der Waals surface area contributed by atoms with Gasteiger partial charge in [-0.3, -0.25) is 0 Å². The van der Waals surface area contributed by atoms with Crippen molar-refractivity contribution in [3.8, 4) is 0 Å². The van der Waals surface area contributed by atoms with Gasteiger partial charge in [-0.1, -0.05) is 6.92 Å². The fraction of sp³-hybridized carbons (Fsp3) is 1.00. The lowest BCUT2D eigenvalue weighted by atomic mass is 10.1. The fourth-order valence-electron chi connectivity index (χ4n) is 1.77. The van der Waals surface area contributed by atoms with Gasteiger partial charge in [0.25, 0.3) is 0 Å². The van der Waals surface area contributed by atoms with E-state index in [0.29, 0.717) is 12.1 Å². The molecule has 1 heterocycles. The Balaban J connectivity index is 2.24. The first kappa shape index (κ1) is 11.0. The predicted octanol–water partition coefficient (Wildman–Crippen LogP) is 0.834. The topological polar surface area (TPSA) is 38.5 Å². The second kappa shape index (κ2) is 5.58. The average molecular weight is 186 g/mol. The van der Waals surface area contributed by atoms with Crippen LogP contribution in [0.2, 0.25) is 0 Å². The molecule has 1 atom stereocenters. The number of nitrogens with zero attached hydrogens (tertiary/aromatic N) is 1. The van der Waals surface area contributed by atoms with Crippen molar-refractivity contribution in [2.45, 2.75) is 38.3 Å². The van der Waals surface area contributed by atoms with Crippen LogP contribution in [0.3, 0.4) is 0 Å². The van der Waals surface area contributed by atoms with Crippen molar-refractivity contribution < 1.29 is 4.74 Å². The zero-order valence-electron chi connectivity index (χ0n) is 8.83. The Morgan fingerprint density at radius 3 is 2.62 bits per heavy atom. The van der Waals surface area contributed by atoms with Crippen LogP contribution in [0.4, 0.5) is 0 Å². The van der Waals surface area contributed by atoms with Crippen molar-refractivity contribution in [3.05, 3.63) is 0 Å². The molecule has 0 aromatic carbocycles. The fourth-order valence-corrected chi connectivity index (χ4v) is 1.77. The van der Waals surface area contributed by atoms with Crippen LogP contribution in [-0.4, -0.2) is 43.8 Å². The van der Waals surface area contributed by atoms with Crippen LogP contribution in [0.15, 0.2) is 0 Å². The average Bonchev–Trinajstić information content (AvgIpc) is 2.19. The SMILES string of the molecule is CCC(N)CN(C)C1CCOCC1. The molecule has 0 aliphatic carbocycles. The normalized spacial score (nSPS) is 22.2. The summed E-state index contributed by atoms with van der Waals surface area (Å²) in [6, 6.07) is 1.01. The molecule has 3 nitrogen and oxygen atoms in total. The largest absolute Gasteiger partial charge is 0.381 e. The summed E-state index contributed by atoms with van der Waals surface area (Å²) in [7, 11) is 2.17. The first-order valence-corrected chi connectivity index (χ1v) is 5.27. The minimum atomic E-state index is 0.327. The van der Waals surface area contributed by atoms with E-state index in [1.807, 2.05) is 0 Å². The lowest BCUT2D eigenvalue weighted by Gasteiger charge is -2.32. The highest BCUT2D eigenvalue weighted by Gasteiger charge is 2.19. The van der Waals surface area contributed by atoms with Crippen LogP contribution in [0, 0.1) is 0 Å². The van der Waals surface area contributed by atoms with Gasteiger partial charge in [-0.2, -0.15) is 0 Å². The zero-order valence-corrected chi connectivity index (χ0v) is 8.83. The van der Waals surface area contributed by atoms with Crippen molar-refractivity contribution in [2.24, 2.45) is 5.73 Å². The molecule has 0 bridgehead atoms. The van der Waals surface area contributed by atoms with E-state index in [0.717, 1.165) is 39.0 Å². The number of rotatable bonds is 4.